The number of piperidine rings is 1. The van der Waals surface area contributed by atoms with E-state index in [-0.39, 0.29) is 5.92 Å². The molecule has 3 rings (SSSR count). The molecular formula is C17H29NO2. The van der Waals surface area contributed by atoms with Gasteiger partial charge in [-0.05, 0) is 44.1 Å². The van der Waals surface area contributed by atoms with Gasteiger partial charge in [0.25, 0.3) is 0 Å². The third-order valence-corrected chi connectivity index (χ3v) is 6.09. The van der Waals surface area contributed by atoms with Gasteiger partial charge in [0.15, 0.2) is 0 Å². The third-order valence-electron chi connectivity index (χ3n) is 6.09. The van der Waals surface area contributed by atoms with Crippen molar-refractivity contribution in [2.24, 2.45) is 17.8 Å². The van der Waals surface area contributed by atoms with Gasteiger partial charge in [0.1, 0.15) is 0 Å². The summed E-state index contributed by atoms with van der Waals surface area (Å²) in [5.74, 6) is 1.13. The van der Waals surface area contributed by atoms with Crippen molar-refractivity contribution in [1.29, 1.82) is 0 Å². The number of rotatable bonds is 2. The minimum absolute atomic E-state index is 0.113. The Morgan fingerprint density at radius 2 is 1.55 bits per heavy atom. The zero-order valence-corrected chi connectivity index (χ0v) is 12.6. The zero-order chi connectivity index (χ0) is 13.9. The van der Waals surface area contributed by atoms with Crippen molar-refractivity contribution in [3.05, 3.63) is 0 Å². The first kappa shape index (κ1) is 14.4. The fraction of sp³-hybridized carbons (Fsp3) is 0.941. The lowest BCUT2D eigenvalue weighted by atomic mass is 9.74. The molecule has 1 heterocycles. The number of likely N-dealkylation sites (tertiary alicyclic amines) is 1. The van der Waals surface area contributed by atoms with E-state index < -0.39 is 5.97 Å². The summed E-state index contributed by atoms with van der Waals surface area (Å²) in [6, 6.07) is 0.317. The summed E-state index contributed by atoms with van der Waals surface area (Å²) in [6.07, 6.45) is 12.5. The van der Waals surface area contributed by atoms with Crippen molar-refractivity contribution in [2.75, 3.05) is 13.1 Å². The van der Waals surface area contributed by atoms with Crippen molar-refractivity contribution >= 4 is 5.97 Å². The molecular weight excluding hydrogens is 250 g/mol. The predicted molar refractivity (Wildman–Crippen MR) is 79.6 cm³/mol. The van der Waals surface area contributed by atoms with Gasteiger partial charge in [0.2, 0.25) is 0 Å². The normalized spacial score (nSPS) is 39.8. The second-order valence-corrected chi connectivity index (χ2v) is 7.24. The smallest absolute Gasteiger partial charge is 0.308 e. The molecule has 3 nitrogen and oxygen atoms in total. The standard InChI is InChI=1S/C17H29NO2/c19-17(20)15-8-2-1-3-9-16(15)18-11-10-13-6-4-5-7-14(13)12-18/h13-16H,1-12H2,(H,19,20). The van der Waals surface area contributed by atoms with Crippen molar-refractivity contribution in [2.45, 2.75) is 70.3 Å². The van der Waals surface area contributed by atoms with Gasteiger partial charge in [0.05, 0.1) is 5.92 Å². The van der Waals surface area contributed by atoms with E-state index in [1.54, 1.807) is 0 Å². The highest BCUT2D eigenvalue weighted by Gasteiger charge is 2.38. The highest BCUT2D eigenvalue weighted by molar-refractivity contribution is 5.70. The maximum absolute atomic E-state index is 11.6. The van der Waals surface area contributed by atoms with Crippen LogP contribution in [-0.4, -0.2) is 35.1 Å². The number of carboxylic acid groups (broad SMARTS) is 1. The second-order valence-electron chi connectivity index (χ2n) is 7.24. The molecule has 0 radical (unpaired) electrons. The quantitative estimate of drug-likeness (QED) is 0.786. The highest BCUT2D eigenvalue weighted by Crippen LogP contribution is 2.38. The second kappa shape index (κ2) is 6.46. The summed E-state index contributed by atoms with van der Waals surface area (Å²) in [5.41, 5.74) is 0. The predicted octanol–water partition coefficient (Wildman–Crippen LogP) is 3.53. The van der Waals surface area contributed by atoms with E-state index in [9.17, 15) is 9.90 Å². The van der Waals surface area contributed by atoms with Gasteiger partial charge < -0.3 is 5.11 Å². The van der Waals surface area contributed by atoms with E-state index in [1.165, 1.54) is 51.5 Å². The summed E-state index contributed by atoms with van der Waals surface area (Å²) >= 11 is 0. The number of fused-ring (bicyclic) bond motifs is 1. The van der Waals surface area contributed by atoms with E-state index in [1.807, 2.05) is 0 Å². The number of carboxylic acids is 1. The molecule has 4 atom stereocenters. The van der Waals surface area contributed by atoms with Crippen LogP contribution in [0.1, 0.15) is 64.2 Å². The van der Waals surface area contributed by atoms with Crippen molar-refractivity contribution in [3.8, 4) is 0 Å². The van der Waals surface area contributed by atoms with E-state index in [2.05, 4.69) is 4.90 Å². The molecule has 0 bridgehead atoms. The first-order chi connectivity index (χ1) is 9.75. The van der Waals surface area contributed by atoms with Crippen LogP contribution in [0.4, 0.5) is 0 Å². The van der Waals surface area contributed by atoms with Crippen LogP contribution < -0.4 is 0 Å². The first-order valence-electron chi connectivity index (χ1n) is 8.72. The van der Waals surface area contributed by atoms with Gasteiger partial charge in [-0.2, -0.15) is 0 Å². The fourth-order valence-corrected chi connectivity index (χ4v) is 4.94. The van der Waals surface area contributed by atoms with Crippen LogP contribution in [0.5, 0.6) is 0 Å². The third kappa shape index (κ3) is 3.03. The van der Waals surface area contributed by atoms with E-state index in [0.717, 1.165) is 37.6 Å². The molecule has 0 spiro atoms. The molecule has 0 aromatic carbocycles. The maximum Gasteiger partial charge on any atom is 0.308 e. The number of hydrogen-bond donors (Lipinski definition) is 1. The molecule has 1 saturated heterocycles. The molecule has 0 aromatic rings. The average molecular weight is 279 g/mol. The number of aliphatic carboxylic acids is 1. The summed E-state index contributed by atoms with van der Waals surface area (Å²) in [7, 11) is 0. The Morgan fingerprint density at radius 3 is 2.35 bits per heavy atom. The molecule has 114 valence electrons. The van der Waals surface area contributed by atoms with Gasteiger partial charge in [-0.25, -0.2) is 0 Å². The van der Waals surface area contributed by atoms with E-state index in [0.29, 0.717) is 6.04 Å². The van der Waals surface area contributed by atoms with Gasteiger partial charge >= 0.3 is 5.97 Å². The zero-order valence-electron chi connectivity index (χ0n) is 12.6. The minimum atomic E-state index is -0.553. The summed E-state index contributed by atoms with van der Waals surface area (Å²) < 4.78 is 0. The van der Waals surface area contributed by atoms with Crippen LogP contribution in [0.25, 0.3) is 0 Å². The van der Waals surface area contributed by atoms with Gasteiger partial charge in [-0.1, -0.05) is 38.5 Å². The Bertz CT molecular complexity index is 344. The molecule has 1 aliphatic heterocycles. The first-order valence-corrected chi connectivity index (χ1v) is 8.72. The van der Waals surface area contributed by atoms with Crippen LogP contribution in [0.2, 0.25) is 0 Å². The molecule has 2 saturated carbocycles. The number of hydrogen-bond acceptors (Lipinski definition) is 2. The van der Waals surface area contributed by atoms with Gasteiger partial charge in [0, 0.05) is 12.6 Å². The highest BCUT2D eigenvalue weighted by atomic mass is 16.4. The average Bonchev–Trinajstić information content (AvgIpc) is 2.72. The molecule has 3 heteroatoms. The topological polar surface area (TPSA) is 40.5 Å². The summed E-state index contributed by atoms with van der Waals surface area (Å²) in [4.78, 5) is 14.2. The molecule has 3 aliphatic rings. The molecule has 3 fully saturated rings. The van der Waals surface area contributed by atoms with E-state index >= 15 is 0 Å². The monoisotopic (exact) mass is 279 g/mol. The van der Waals surface area contributed by atoms with Crippen LogP contribution >= 0.6 is 0 Å². The van der Waals surface area contributed by atoms with E-state index in [4.69, 9.17) is 0 Å². The van der Waals surface area contributed by atoms with Crippen LogP contribution in [0.3, 0.4) is 0 Å². The SMILES string of the molecule is O=C(O)C1CCCCCC1N1CCC2CCCCC2C1. The molecule has 1 N–H and O–H groups in total. The Hall–Kier alpha value is -0.570. The lowest BCUT2D eigenvalue weighted by Crippen LogP contribution is -2.50. The van der Waals surface area contributed by atoms with Crippen molar-refractivity contribution < 1.29 is 9.90 Å². The van der Waals surface area contributed by atoms with Crippen LogP contribution in [-0.2, 0) is 4.79 Å². The Balaban J connectivity index is 1.68. The van der Waals surface area contributed by atoms with Gasteiger partial charge in [-0.3, -0.25) is 9.69 Å². The van der Waals surface area contributed by atoms with Crippen LogP contribution in [0.15, 0.2) is 0 Å². The van der Waals surface area contributed by atoms with Gasteiger partial charge in [-0.15, -0.1) is 0 Å². The summed E-state index contributed by atoms with van der Waals surface area (Å²) in [6.45, 7) is 2.33. The molecule has 20 heavy (non-hydrogen) atoms. The minimum Gasteiger partial charge on any atom is -0.481 e. The lowest BCUT2D eigenvalue weighted by molar-refractivity contribution is -0.145. The van der Waals surface area contributed by atoms with Crippen LogP contribution in [0, 0.1) is 17.8 Å². The Labute approximate surface area is 122 Å². The molecule has 0 aromatic heterocycles. The van der Waals surface area contributed by atoms with Crippen molar-refractivity contribution in [1.82, 2.24) is 4.90 Å². The number of carbonyl (C=O) groups is 1. The largest absolute Gasteiger partial charge is 0.481 e. The Morgan fingerprint density at radius 1 is 0.850 bits per heavy atom. The summed E-state index contributed by atoms with van der Waals surface area (Å²) in [5, 5.41) is 9.57. The lowest BCUT2D eigenvalue weighted by Gasteiger charge is -2.45. The maximum atomic E-state index is 11.6. The Kier molecular flexibility index (Phi) is 4.65. The molecule has 4 unspecified atom stereocenters. The number of nitrogens with zero attached hydrogens (tertiary/aromatic N) is 1. The molecule has 0 amide bonds. The van der Waals surface area contributed by atoms with Crippen molar-refractivity contribution in [3.63, 3.8) is 0 Å². The fourth-order valence-electron chi connectivity index (χ4n) is 4.94. The molecule has 2 aliphatic carbocycles.